The summed E-state index contributed by atoms with van der Waals surface area (Å²) in [7, 11) is 0. The van der Waals surface area contributed by atoms with Gasteiger partial charge in [0.2, 0.25) is 5.95 Å². The Morgan fingerprint density at radius 1 is 0.368 bits per heavy atom. The van der Waals surface area contributed by atoms with Gasteiger partial charge in [0.25, 0.3) is 0 Å². The summed E-state index contributed by atoms with van der Waals surface area (Å²) in [5.74, 6) is 1.82. The van der Waals surface area contributed by atoms with Crippen LogP contribution in [0.4, 0.5) is 0 Å². The Bertz CT molecular complexity index is 3520. The SMILES string of the molecule is c1ccc(-c2nc(-c3cccc(-c4cccc5c4sc4ccccc45)c3)nc(-n3c4ccccc4c4c5c6ccccc6n(-c6ccccc6)c5ccc43)n2)cc1. The third kappa shape index (κ3) is 4.91. The molecule has 57 heavy (non-hydrogen) atoms. The van der Waals surface area contributed by atoms with Crippen LogP contribution in [0.5, 0.6) is 0 Å². The molecule has 0 unspecified atom stereocenters. The molecule has 0 amide bonds. The van der Waals surface area contributed by atoms with Crippen molar-refractivity contribution < 1.29 is 0 Å². The van der Waals surface area contributed by atoms with E-state index < -0.39 is 0 Å². The average Bonchev–Trinajstić information content (AvgIpc) is 3.95. The van der Waals surface area contributed by atoms with E-state index in [0.29, 0.717) is 17.6 Å². The van der Waals surface area contributed by atoms with Crippen molar-refractivity contribution in [1.29, 1.82) is 0 Å². The van der Waals surface area contributed by atoms with Gasteiger partial charge >= 0.3 is 0 Å². The number of hydrogen-bond acceptors (Lipinski definition) is 4. The minimum atomic E-state index is 0.577. The fourth-order valence-electron chi connectivity index (χ4n) is 8.70. The molecule has 5 nitrogen and oxygen atoms in total. The third-order valence-electron chi connectivity index (χ3n) is 11.2. The monoisotopic (exact) mass is 745 g/mol. The van der Waals surface area contributed by atoms with Gasteiger partial charge in [0.15, 0.2) is 11.6 Å². The van der Waals surface area contributed by atoms with E-state index in [1.165, 1.54) is 47.4 Å². The van der Waals surface area contributed by atoms with E-state index >= 15 is 0 Å². The van der Waals surface area contributed by atoms with Crippen molar-refractivity contribution in [3.63, 3.8) is 0 Å². The molecule has 0 saturated heterocycles. The lowest BCUT2D eigenvalue weighted by molar-refractivity contribution is 0.953. The molecule has 6 heteroatoms. The molecule has 12 rings (SSSR count). The Hall–Kier alpha value is -7.41. The number of fused-ring (bicyclic) bond motifs is 10. The summed E-state index contributed by atoms with van der Waals surface area (Å²) in [5.41, 5.74) is 9.73. The largest absolute Gasteiger partial charge is 0.309 e. The lowest BCUT2D eigenvalue weighted by Crippen LogP contribution is -2.06. The van der Waals surface area contributed by atoms with Crippen LogP contribution in [0.25, 0.3) is 109 Å². The highest BCUT2D eigenvalue weighted by Gasteiger charge is 2.23. The van der Waals surface area contributed by atoms with Crippen LogP contribution in [-0.2, 0) is 0 Å². The van der Waals surface area contributed by atoms with Crippen molar-refractivity contribution in [1.82, 2.24) is 24.1 Å². The van der Waals surface area contributed by atoms with Crippen molar-refractivity contribution in [2.75, 3.05) is 0 Å². The molecule has 0 spiro atoms. The van der Waals surface area contributed by atoms with Gasteiger partial charge in [0.05, 0.1) is 22.1 Å². The van der Waals surface area contributed by atoms with E-state index in [0.717, 1.165) is 44.3 Å². The molecule has 0 bridgehead atoms. The van der Waals surface area contributed by atoms with Gasteiger partial charge in [-0.1, -0.05) is 140 Å². The molecule has 0 saturated carbocycles. The van der Waals surface area contributed by atoms with E-state index in [-0.39, 0.29) is 0 Å². The molecule has 266 valence electrons. The van der Waals surface area contributed by atoms with Gasteiger partial charge in [-0.25, -0.2) is 4.98 Å². The van der Waals surface area contributed by atoms with Crippen LogP contribution in [0.15, 0.2) is 188 Å². The molecule has 4 aromatic heterocycles. The smallest absolute Gasteiger partial charge is 0.238 e. The summed E-state index contributed by atoms with van der Waals surface area (Å²) in [6.45, 7) is 0. The molecule has 0 N–H and O–H groups in total. The number of nitrogens with zero attached hydrogens (tertiary/aromatic N) is 5. The molecular weight excluding hydrogens is 715 g/mol. The number of rotatable bonds is 5. The van der Waals surface area contributed by atoms with Gasteiger partial charge in [0, 0.05) is 58.5 Å². The molecule has 0 aliphatic heterocycles. The first-order valence-corrected chi connectivity index (χ1v) is 19.9. The van der Waals surface area contributed by atoms with E-state index in [4.69, 9.17) is 15.0 Å². The van der Waals surface area contributed by atoms with Crippen molar-refractivity contribution in [2.24, 2.45) is 0 Å². The first kappa shape index (κ1) is 31.9. The summed E-state index contributed by atoms with van der Waals surface area (Å²) >= 11 is 1.84. The molecule has 0 fully saturated rings. The second kappa shape index (κ2) is 12.6. The van der Waals surface area contributed by atoms with Gasteiger partial charge in [-0.05, 0) is 59.7 Å². The van der Waals surface area contributed by atoms with Gasteiger partial charge in [-0.2, -0.15) is 9.97 Å². The Morgan fingerprint density at radius 3 is 1.67 bits per heavy atom. The first-order chi connectivity index (χ1) is 28.3. The van der Waals surface area contributed by atoms with E-state index in [2.05, 4.69) is 179 Å². The normalized spacial score (nSPS) is 11.9. The van der Waals surface area contributed by atoms with E-state index in [1.54, 1.807) is 0 Å². The second-order valence-corrected chi connectivity index (χ2v) is 15.5. The molecule has 12 aromatic rings. The van der Waals surface area contributed by atoms with Gasteiger partial charge in [-0.15, -0.1) is 11.3 Å². The molecule has 0 atom stereocenters. The average molecular weight is 746 g/mol. The van der Waals surface area contributed by atoms with Crippen LogP contribution in [0, 0.1) is 0 Å². The van der Waals surface area contributed by atoms with Crippen LogP contribution >= 0.6 is 11.3 Å². The molecule has 0 aliphatic rings. The zero-order valence-corrected chi connectivity index (χ0v) is 31.4. The zero-order valence-electron chi connectivity index (χ0n) is 30.5. The van der Waals surface area contributed by atoms with Crippen molar-refractivity contribution >= 4 is 75.1 Å². The maximum Gasteiger partial charge on any atom is 0.238 e. The Balaban J connectivity index is 1.11. The van der Waals surface area contributed by atoms with Crippen LogP contribution in [0.3, 0.4) is 0 Å². The predicted octanol–water partition coefficient (Wildman–Crippen LogP) is 13.4. The highest BCUT2D eigenvalue weighted by Crippen LogP contribution is 2.43. The van der Waals surface area contributed by atoms with Gasteiger partial charge < -0.3 is 4.57 Å². The van der Waals surface area contributed by atoms with Gasteiger partial charge in [0.1, 0.15) is 0 Å². The number of hydrogen-bond donors (Lipinski definition) is 0. The lowest BCUT2D eigenvalue weighted by atomic mass is 10.0. The zero-order chi connectivity index (χ0) is 37.5. The summed E-state index contributed by atoms with van der Waals surface area (Å²) in [4.78, 5) is 15.8. The molecule has 8 aromatic carbocycles. The number of benzene rings is 8. The van der Waals surface area contributed by atoms with Crippen LogP contribution in [0.1, 0.15) is 0 Å². The number of thiophene rings is 1. The van der Waals surface area contributed by atoms with Crippen molar-refractivity contribution in [3.05, 3.63) is 188 Å². The Labute approximate surface area is 331 Å². The molecular formula is C51H31N5S. The quantitative estimate of drug-likeness (QED) is 0.176. The minimum Gasteiger partial charge on any atom is -0.309 e. The molecule has 0 radical (unpaired) electrons. The summed E-state index contributed by atoms with van der Waals surface area (Å²) in [6, 6.07) is 66.5. The highest BCUT2D eigenvalue weighted by molar-refractivity contribution is 7.26. The van der Waals surface area contributed by atoms with Crippen molar-refractivity contribution in [2.45, 2.75) is 0 Å². The Kier molecular flexibility index (Phi) is 7.03. The highest BCUT2D eigenvalue weighted by atomic mass is 32.1. The molecule has 4 heterocycles. The first-order valence-electron chi connectivity index (χ1n) is 19.1. The molecule has 0 aliphatic carbocycles. The van der Waals surface area contributed by atoms with Crippen LogP contribution < -0.4 is 0 Å². The second-order valence-electron chi connectivity index (χ2n) is 14.4. The number of para-hydroxylation sites is 3. The van der Waals surface area contributed by atoms with Gasteiger partial charge in [-0.3, -0.25) is 4.57 Å². The Morgan fingerprint density at radius 2 is 0.912 bits per heavy atom. The third-order valence-corrected chi connectivity index (χ3v) is 12.4. The topological polar surface area (TPSA) is 48.5 Å². The summed E-state index contributed by atoms with van der Waals surface area (Å²) in [6.07, 6.45) is 0. The fourth-order valence-corrected chi connectivity index (χ4v) is 9.94. The van der Waals surface area contributed by atoms with E-state index in [9.17, 15) is 0 Å². The summed E-state index contributed by atoms with van der Waals surface area (Å²) < 4.78 is 7.16. The number of aromatic nitrogens is 5. The predicted molar refractivity (Wildman–Crippen MR) is 238 cm³/mol. The van der Waals surface area contributed by atoms with Crippen LogP contribution in [-0.4, -0.2) is 24.1 Å². The minimum absolute atomic E-state index is 0.577. The summed E-state index contributed by atoms with van der Waals surface area (Å²) in [5, 5.41) is 7.31. The fraction of sp³-hybridized carbons (Fsp3) is 0. The van der Waals surface area contributed by atoms with Crippen molar-refractivity contribution in [3.8, 4) is 45.5 Å². The maximum absolute atomic E-state index is 5.34. The standard InChI is InChI=1S/C51H31N5S/c1-3-15-32(16-4-1)49-52-50(34-18-13-17-33(31-34)36-24-14-25-38-37-21-9-12-28-45(37)57-48(36)38)54-51(53-49)56-42-27-11-8-23-40(42)47-44(56)30-29-43-46(47)39-22-7-10-26-41(39)55(43)35-19-5-2-6-20-35/h1-31H. The maximum atomic E-state index is 5.34. The lowest BCUT2D eigenvalue weighted by Gasteiger charge is -2.12. The van der Waals surface area contributed by atoms with Crippen LogP contribution in [0.2, 0.25) is 0 Å². The van der Waals surface area contributed by atoms with E-state index in [1.807, 2.05) is 29.5 Å².